The summed E-state index contributed by atoms with van der Waals surface area (Å²) in [6.07, 6.45) is 0. The second-order valence-corrected chi connectivity index (χ2v) is 5.12. The lowest BCUT2D eigenvalue weighted by Crippen LogP contribution is -2.21. The van der Waals surface area contributed by atoms with Gasteiger partial charge in [0.05, 0.1) is 13.7 Å². The Morgan fingerprint density at radius 2 is 1.95 bits per heavy atom. The Balaban J connectivity index is 2.67. The summed E-state index contributed by atoms with van der Waals surface area (Å²) in [4.78, 5) is 0. The Hall–Kier alpha value is -1.26. The van der Waals surface area contributed by atoms with Gasteiger partial charge in [0, 0.05) is 25.1 Å². The van der Waals surface area contributed by atoms with E-state index in [-0.39, 0.29) is 12.5 Å². The van der Waals surface area contributed by atoms with E-state index in [0.29, 0.717) is 12.6 Å². The molecule has 1 atom stereocenters. The van der Waals surface area contributed by atoms with Crippen molar-refractivity contribution in [1.82, 2.24) is 5.32 Å². The summed E-state index contributed by atoms with van der Waals surface area (Å²) >= 11 is 0. The number of ether oxygens (including phenoxy) is 2. The summed E-state index contributed by atoms with van der Waals surface area (Å²) in [6, 6.07) is 6.37. The van der Waals surface area contributed by atoms with Gasteiger partial charge in [-0.1, -0.05) is 26.8 Å². The van der Waals surface area contributed by atoms with Gasteiger partial charge in [0.2, 0.25) is 0 Å². The number of hydrogen-bond acceptors (Lipinski definition) is 4. The van der Waals surface area contributed by atoms with Crippen LogP contribution in [0.1, 0.15) is 26.3 Å². The van der Waals surface area contributed by atoms with Crippen LogP contribution in [0.25, 0.3) is 0 Å². The second-order valence-electron chi connectivity index (χ2n) is 5.12. The first kappa shape index (κ1) is 15.8. The van der Waals surface area contributed by atoms with Crippen LogP contribution < -0.4 is 14.8 Å². The zero-order chi connectivity index (χ0) is 14.3. The molecule has 0 aliphatic heterocycles. The maximum absolute atomic E-state index is 8.99. The Labute approximate surface area is 115 Å². The highest BCUT2D eigenvalue weighted by Gasteiger charge is 2.08. The Morgan fingerprint density at radius 3 is 2.53 bits per heavy atom. The van der Waals surface area contributed by atoms with Crippen LogP contribution in [0.2, 0.25) is 0 Å². The Morgan fingerprint density at radius 1 is 1.21 bits per heavy atom. The molecule has 0 aliphatic carbocycles. The Bertz CT molecular complexity index is 380. The molecule has 0 aromatic heterocycles. The zero-order valence-electron chi connectivity index (χ0n) is 12.3. The first-order valence-electron chi connectivity index (χ1n) is 6.70. The molecular formula is C15H25NO3. The summed E-state index contributed by atoms with van der Waals surface area (Å²) < 4.78 is 11.0. The van der Waals surface area contributed by atoms with E-state index in [1.165, 1.54) is 0 Å². The molecule has 1 aromatic carbocycles. The molecule has 19 heavy (non-hydrogen) atoms. The molecule has 4 nitrogen and oxygen atoms in total. The van der Waals surface area contributed by atoms with Crippen molar-refractivity contribution in [2.45, 2.75) is 33.4 Å². The smallest absolute Gasteiger partial charge is 0.161 e. The fourth-order valence-corrected chi connectivity index (χ4v) is 1.55. The summed E-state index contributed by atoms with van der Waals surface area (Å²) in [7, 11) is 1.64. The minimum atomic E-state index is 0.118. The number of hydrogen-bond donors (Lipinski definition) is 2. The number of rotatable bonds is 8. The van der Waals surface area contributed by atoms with Crippen LogP contribution in [0.3, 0.4) is 0 Å². The molecule has 1 rings (SSSR count). The van der Waals surface area contributed by atoms with E-state index < -0.39 is 0 Å². The fourth-order valence-electron chi connectivity index (χ4n) is 1.55. The van der Waals surface area contributed by atoms with Gasteiger partial charge in [0.15, 0.2) is 11.5 Å². The number of aliphatic hydroxyl groups is 1. The van der Waals surface area contributed by atoms with Crippen molar-refractivity contribution in [1.29, 1.82) is 0 Å². The summed E-state index contributed by atoms with van der Waals surface area (Å²) in [5.41, 5.74) is 1.16. The summed E-state index contributed by atoms with van der Waals surface area (Å²) in [6.45, 7) is 7.58. The van der Waals surface area contributed by atoms with Gasteiger partial charge in [-0.2, -0.15) is 0 Å². The highest BCUT2D eigenvalue weighted by Crippen LogP contribution is 2.28. The minimum absolute atomic E-state index is 0.118. The van der Waals surface area contributed by atoms with Crippen molar-refractivity contribution in [2.24, 2.45) is 5.92 Å². The number of aliphatic hydroxyl groups excluding tert-OH is 1. The highest BCUT2D eigenvalue weighted by molar-refractivity contribution is 5.42. The molecule has 0 radical (unpaired) electrons. The van der Waals surface area contributed by atoms with Crippen molar-refractivity contribution in [2.75, 3.05) is 20.3 Å². The monoisotopic (exact) mass is 267 g/mol. The van der Waals surface area contributed by atoms with E-state index in [2.05, 4.69) is 19.2 Å². The molecule has 0 spiro atoms. The van der Waals surface area contributed by atoms with Gasteiger partial charge >= 0.3 is 0 Å². The van der Waals surface area contributed by atoms with Crippen LogP contribution in [0.5, 0.6) is 11.5 Å². The number of benzene rings is 1. The molecule has 0 bridgehead atoms. The molecule has 0 fully saturated rings. The van der Waals surface area contributed by atoms with Gasteiger partial charge in [0.1, 0.15) is 0 Å². The lowest BCUT2D eigenvalue weighted by Gasteiger charge is -2.15. The summed E-state index contributed by atoms with van der Waals surface area (Å²) in [5.74, 6) is 1.57. The lowest BCUT2D eigenvalue weighted by molar-refractivity contribution is 0.171. The van der Waals surface area contributed by atoms with Gasteiger partial charge in [-0.05, 0) is 17.7 Å². The van der Waals surface area contributed by atoms with E-state index in [1.54, 1.807) is 7.11 Å². The minimum Gasteiger partial charge on any atom is -0.493 e. The van der Waals surface area contributed by atoms with Crippen LogP contribution in [0.15, 0.2) is 18.2 Å². The van der Waals surface area contributed by atoms with Gasteiger partial charge in [-0.15, -0.1) is 0 Å². The van der Waals surface area contributed by atoms with E-state index in [1.807, 2.05) is 25.1 Å². The molecule has 0 amide bonds. The van der Waals surface area contributed by atoms with Crippen LogP contribution in [-0.2, 0) is 6.54 Å². The molecule has 0 saturated heterocycles. The normalized spacial score (nSPS) is 12.5. The molecule has 1 unspecified atom stereocenters. The van der Waals surface area contributed by atoms with Crippen molar-refractivity contribution in [3.8, 4) is 11.5 Å². The average Bonchev–Trinajstić information content (AvgIpc) is 2.42. The molecule has 0 saturated carbocycles. The molecule has 4 heteroatoms. The van der Waals surface area contributed by atoms with Crippen molar-refractivity contribution < 1.29 is 14.6 Å². The van der Waals surface area contributed by atoms with Crippen molar-refractivity contribution in [3.63, 3.8) is 0 Å². The first-order valence-corrected chi connectivity index (χ1v) is 6.70. The maximum Gasteiger partial charge on any atom is 0.161 e. The molecule has 108 valence electrons. The largest absolute Gasteiger partial charge is 0.493 e. The van der Waals surface area contributed by atoms with Gasteiger partial charge in [-0.25, -0.2) is 0 Å². The third kappa shape index (κ3) is 5.49. The third-order valence-corrected chi connectivity index (χ3v) is 2.78. The van der Waals surface area contributed by atoms with Crippen molar-refractivity contribution in [3.05, 3.63) is 23.8 Å². The lowest BCUT2D eigenvalue weighted by atomic mass is 10.2. The maximum atomic E-state index is 8.99. The van der Waals surface area contributed by atoms with Gasteiger partial charge in [0.25, 0.3) is 0 Å². The predicted molar refractivity (Wildman–Crippen MR) is 76.7 cm³/mol. The first-order chi connectivity index (χ1) is 9.06. The fraction of sp³-hybridized carbons (Fsp3) is 0.600. The van der Waals surface area contributed by atoms with Crippen LogP contribution >= 0.6 is 0 Å². The Kier molecular flexibility index (Phi) is 6.67. The molecule has 0 heterocycles. The number of methoxy groups -OCH3 is 1. The zero-order valence-corrected chi connectivity index (χ0v) is 12.3. The summed E-state index contributed by atoms with van der Waals surface area (Å²) in [5, 5.41) is 12.3. The highest BCUT2D eigenvalue weighted by atomic mass is 16.5. The molecule has 1 aromatic rings. The second kappa shape index (κ2) is 8.02. The molecule has 2 N–H and O–H groups in total. The number of nitrogens with one attached hydrogen (secondary N) is 1. The van der Waals surface area contributed by atoms with E-state index in [4.69, 9.17) is 14.6 Å². The van der Waals surface area contributed by atoms with E-state index in [0.717, 1.165) is 23.6 Å². The standard InChI is InChI=1S/C15H25NO3/c1-11(2)16-8-13-5-6-14(15(7-13)18-4)19-10-12(3)9-17/h5-7,11-12,16-17H,8-10H2,1-4H3. The molecule has 0 aliphatic rings. The predicted octanol–water partition coefficient (Wildman–Crippen LogP) is 2.20. The van der Waals surface area contributed by atoms with Crippen LogP contribution in [-0.4, -0.2) is 31.5 Å². The SMILES string of the molecule is COc1cc(CNC(C)C)ccc1OCC(C)CO. The third-order valence-electron chi connectivity index (χ3n) is 2.78. The topological polar surface area (TPSA) is 50.7 Å². The van der Waals surface area contributed by atoms with E-state index in [9.17, 15) is 0 Å². The quantitative estimate of drug-likeness (QED) is 0.758. The van der Waals surface area contributed by atoms with Gasteiger partial charge in [-0.3, -0.25) is 0 Å². The molecular weight excluding hydrogens is 242 g/mol. The average molecular weight is 267 g/mol. The van der Waals surface area contributed by atoms with Crippen LogP contribution in [0, 0.1) is 5.92 Å². The van der Waals surface area contributed by atoms with Crippen LogP contribution in [0.4, 0.5) is 0 Å². The van der Waals surface area contributed by atoms with Gasteiger partial charge < -0.3 is 19.9 Å². The van der Waals surface area contributed by atoms with Crippen molar-refractivity contribution >= 4 is 0 Å². The van der Waals surface area contributed by atoms with E-state index >= 15 is 0 Å².